The summed E-state index contributed by atoms with van der Waals surface area (Å²) in [6, 6.07) is 14.8. The van der Waals surface area contributed by atoms with Crippen LogP contribution in [0.15, 0.2) is 55.0 Å². The van der Waals surface area contributed by atoms with Gasteiger partial charge in [0.2, 0.25) is 0 Å². The van der Waals surface area contributed by atoms with Gasteiger partial charge in [0.25, 0.3) is 5.69 Å². The number of anilines is 1. The van der Waals surface area contributed by atoms with Crippen LogP contribution in [0.25, 0.3) is 21.1 Å². The standard InChI is InChI=1S/C32H30F3N7O2S/c1-20-22(4-7-28-29(20)23(16-36)18-41(28)13-8-21-2-5-25(6-3-21)42(43)44)17-40-11-9-24(10-12-40)39-30-27-14-26(15-32(33,34)35)45-31(27)38-19-37-30/h2-7,14,18-19,24H,8-13,15,17H2,1H3,(H,37,38,39). The number of non-ortho nitro benzene ring substituents is 1. The molecule has 0 atom stereocenters. The number of hydrogen-bond donors (Lipinski definition) is 1. The summed E-state index contributed by atoms with van der Waals surface area (Å²) < 4.78 is 40.8. The molecule has 1 N–H and O–H groups in total. The highest BCUT2D eigenvalue weighted by atomic mass is 32.1. The molecule has 0 amide bonds. The molecule has 2 aromatic carbocycles. The molecule has 1 fully saturated rings. The SMILES string of the molecule is Cc1c(CN2CCC(Nc3ncnc4sc(CC(F)(F)F)cc34)CC2)ccc2c1c(C#N)cn2CCc1ccc([N+](=O)[O-])cc1. The molecule has 13 heteroatoms. The molecule has 0 bridgehead atoms. The van der Waals surface area contributed by atoms with Crippen LogP contribution in [-0.2, 0) is 25.9 Å². The van der Waals surface area contributed by atoms with Crippen LogP contribution >= 0.6 is 11.3 Å². The Morgan fingerprint density at radius 1 is 1.16 bits per heavy atom. The molecule has 232 valence electrons. The minimum Gasteiger partial charge on any atom is -0.367 e. The molecule has 1 aliphatic rings. The van der Waals surface area contributed by atoms with Crippen LogP contribution in [0.1, 0.15) is 40.0 Å². The Hall–Kier alpha value is -4.54. The van der Waals surface area contributed by atoms with Crippen molar-refractivity contribution in [2.24, 2.45) is 0 Å². The largest absolute Gasteiger partial charge is 0.393 e. The van der Waals surface area contributed by atoms with Crippen molar-refractivity contribution in [2.75, 3.05) is 18.4 Å². The maximum absolute atomic E-state index is 12.9. The van der Waals surface area contributed by atoms with Crippen molar-refractivity contribution in [3.05, 3.63) is 92.2 Å². The van der Waals surface area contributed by atoms with Gasteiger partial charge in [0, 0.05) is 66.3 Å². The average Bonchev–Trinajstić information content (AvgIpc) is 3.59. The van der Waals surface area contributed by atoms with Crippen LogP contribution in [0, 0.1) is 28.4 Å². The van der Waals surface area contributed by atoms with Gasteiger partial charge in [-0.2, -0.15) is 18.4 Å². The Bertz CT molecular complexity index is 1900. The number of aryl methyl sites for hydroxylation is 3. The summed E-state index contributed by atoms with van der Waals surface area (Å²) in [6.07, 6.45) is 0.426. The van der Waals surface area contributed by atoms with Crippen molar-refractivity contribution >= 4 is 44.0 Å². The maximum atomic E-state index is 12.9. The predicted octanol–water partition coefficient (Wildman–Crippen LogP) is 7.16. The first-order valence-electron chi connectivity index (χ1n) is 14.6. The molecule has 4 heterocycles. The van der Waals surface area contributed by atoms with Crippen LogP contribution in [0.4, 0.5) is 24.7 Å². The van der Waals surface area contributed by atoms with Gasteiger partial charge in [-0.1, -0.05) is 18.2 Å². The predicted molar refractivity (Wildman–Crippen MR) is 167 cm³/mol. The number of hydrogen-bond acceptors (Lipinski definition) is 8. The monoisotopic (exact) mass is 633 g/mol. The van der Waals surface area contributed by atoms with Crippen molar-refractivity contribution in [2.45, 2.75) is 57.9 Å². The summed E-state index contributed by atoms with van der Waals surface area (Å²) in [5, 5.41) is 25.9. The highest BCUT2D eigenvalue weighted by Crippen LogP contribution is 2.34. The zero-order valence-corrected chi connectivity index (χ0v) is 25.3. The zero-order valence-electron chi connectivity index (χ0n) is 24.5. The van der Waals surface area contributed by atoms with Crippen molar-refractivity contribution in [3.8, 4) is 6.07 Å². The molecule has 0 saturated carbocycles. The molecule has 3 aromatic heterocycles. The second-order valence-corrected chi connectivity index (χ2v) is 12.5. The molecule has 0 unspecified atom stereocenters. The van der Waals surface area contributed by atoms with Gasteiger partial charge in [-0.25, -0.2) is 9.97 Å². The number of alkyl halides is 3. The van der Waals surface area contributed by atoms with Gasteiger partial charge in [0.1, 0.15) is 23.0 Å². The smallest absolute Gasteiger partial charge is 0.367 e. The van der Waals surface area contributed by atoms with E-state index in [1.54, 1.807) is 18.2 Å². The van der Waals surface area contributed by atoms with Crippen molar-refractivity contribution in [1.29, 1.82) is 5.26 Å². The zero-order chi connectivity index (χ0) is 31.7. The highest BCUT2D eigenvalue weighted by molar-refractivity contribution is 7.18. The minimum atomic E-state index is -4.27. The molecule has 0 spiro atoms. The fourth-order valence-electron chi connectivity index (χ4n) is 6.06. The number of nitro benzene ring substituents is 1. The second kappa shape index (κ2) is 12.5. The van der Waals surface area contributed by atoms with Crippen molar-refractivity contribution in [1.82, 2.24) is 19.4 Å². The second-order valence-electron chi connectivity index (χ2n) is 11.4. The number of nitrogens with one attached hydrogen (secondary N) is 1. The molecule has 0 radical (unpaired) electrons. The number of nitro groups is 1. The third kappa shape index (κ3) is 6.77. The van der Waals surface area contributed by atoms with Gasteiger partial charge < -0.3 is 9.88 Å². The van der Waals surface area contributed by atoms with E-state index < -0.39 is 17.5 Å². The van der Waals surface area contributed by atoms with E-state index >= 15 is 0 Å². The summed E-state index contributed by atoms with van der Waals surface area (Å²) in [7, 11) is 0. The highest BCUT2D eigenvalue weighted by Gasteiger charge is 2.29. The van der Waals surface area contributed by atoms with Gasteiger partial charge >= 0.3 is 6.18 Å². The quantitative estimate of drug-likeness (QED) is 0.135. The molecule has 0 aliphatic carbocycles. The summed E-state index contributed by atoms with van der Waals surface area (Å²) in [4.78, 5) is 22.2. The lowest BCUT2D eigenvalue weighted by molar-refractivity contribution is -0.384. The number of fused-ring (bicyclic) bond motifs is 2. The van der Waals surface area contributed by atoms with Gasteiger partial charge in [0.05, 0.1) is 22.3 Å². The molecular formula is C32H30F3N7O2S. The minimum absolute atomic E-state index is 0.0625. The van der Waals surface area contributed by atoms with E-state index in [0.717, 1.165) is 71.4 Å². The lowest BCUT2D eigenvalue weighted by Gasteiger charge is -2.33. The first kappa shape index (κ1) is 30.5. The van der Waals surface area contributed by atoms with Crippen molar-refractivity contribution < 1.29 is 18.1 Å². The lowest BCUT2D eigenvalue weighted by Crippen LogP contribution is -2.39. The van der Waals surface area contributed by atoms with E-state index in [0.29, 0.717) is 34.6 Å². The van der Waals surface area contributed by atoms with Crippen molar-refractivity contribution in [3.63, 3.8) is 0 Å². The van der Waals surface area contributed by atoms with Gasteiger partial charge in [-0.05, 0) is 55.0 Å². The van der Waals surface area contributed by atoms with E-state index in [-0.39, 0.29) is 16.6 Å². The number of piperidine rings is 1. The average molecular weight is 634 g/mol. The van der Waals surface area contributed by atoms with E-state index in [4.69, 9.17) is 0 Å². The fraction of sp³-hybridized carbons (Fsp3) is 0.344. The normalized spacial score (nSPS) is 14.6. The molecule has 45 heavy (non-hydrogen) atoms. The lowest BCUT2D eigenvalue weighted by atomic mass is 9.99. The third-order valence-electron chi connectivity index (χ3n) is 8.41. The molecule has 1 saturated heterocycles. The van der Waals surface area contributed by atoms with Crippen LogP contribution in [0.2, 0.25) is 0 Å². The summed E-state index contributed by atoms with van der Waals surface area (Å²) in [6.45, 7) is 5.13. The third-order valence-corrected chi connectivity index (χ3v) is 9.45. The number of nitrogens with zero attached hydrogens (tertiary/aromatic N) is 6. The van der Waals surface area contributed by atoms with Crippen LogP contribution in [0.3, 0.4) is 0 Å². The van der Waals surface area contributed by atoms with E-state index in [2.05, 4.69) is 49.9 Å². The molecular weight excluding hydrogens is 603 g/mol. The molecule has 5 aromatic rings. The summed E-state index contributed by atoms with van der Waals surface area (Å²) in [5.41, 5.74) is 4.89. The van der Waals surface area contributed by atoms with Gasteiger partial charge in [-0.3, -0.25) is 15.0 Å². The number of benzene rings is 2. The van der Waals surface area contributed by atoms with E-state index in [9.17, 15) is 28.5 Å². The fourth-order valence-corrected chi connectivity index (χ4v) is 7.09. The number of likely N-dealkylation sites (tertiary alicyclic amines) is 1. The Morgan fingerprint density at radius 3 is 2.60 bits per heavy atom. The first-order valence-corrected chi connectivity index (χ1v) is 15.4. The number of halogens is 3. The number of rotatable bonds is 9. The topological polar surface area (TPSA) is 113 Å². The van der Waals surface area contributed by atoms with Crippen LogP contribution in [0.5, 0.6) is 0 Å². The molecule has 6 rings (SSSR count). The summed E-state index contributed by atoms with van der Waals surface area (Å²) in [5.74, 6) is 0.576. The Morgan fingerprint density at radius 2 is 1.91 bits per heavy atom. The first-order chi connectivity index (χ1) is 21.6. The Balaban J connectivity index is 1.10. The number of nitriles is 1. The van der Waals surface area contributed by atoms with E-state index in [1.807, 2.05) is 6.20 Å². The number of thiophene rings is 1. The van der Waals surface area contributed by atoms with Gasteiger partial charge in [-0.15, -0.1) is 11.3 Å². The summed E-state index contributed by atoms with van der Waals surface area (Å²) >= 11 is 1.05. The van der Waals surface area contributed by atoms with Crippen LogP contribution < -0.4 is 5.32 Å². The maximum Gasteiger partial charge on any atom is 0.393 e. The Kier molecular flexibility index (Phi) is 8.44. The molecule has 9 nitrogen and oxygen atoms in total. The van der Waals surface area contributed by atoms with E-state index in [1.165, 1.54) is 18.5 Å². The number of aromatic nitrogens is 3. The van der Waals surface area contributed by atoms with Gasteiger partial charge in [0.15, 0.2) is 0 Å². The Labute approximate surface area is 261 Å². The molecule has 1 aliphatic heterocycles. The van der Waals surface area contributed by atoms with Crippen LogP contribution in [-0.4, -0.2) is 49.7 Å².